The van der Waals surface area contributed by atoms with Gasteiger partial charge in [0.1, 0.15) is 4.90 Å². The second-order valence-electron chi connectivity index (χ2n) is 5.30. The third-order valence-electron chi connectivity index (χ3n) is 4.08. The minimum atomic E-state index is -3.48. The van der Waals surface area contributed by atoms with Crippen molar-refractivity contribution in [3.05, 3.63) is 36.5 Å². The number of sulfonamides is 1. The molecule has 0 radical (unpaired) electrons. The molecule has 1 N–H and O–H groups in total. The Kier molecular flexibility index (Phi) is 5.39. The van der Waals surface area contributed by atoms with Gasteiger partial charge in [-0.25, -0.2) is 8.42 Å². The molecule has 0 atom stereocenters. The molecular weight excluding hydrogens is 322 g/mol. The van der Waals surface area contributed by atoms with Crippen LogP contribution in [0.2, 0.25) is 0 Å². The molecule has 1 fully saturated rings. The number of hydrogen-bond donors (Lipinski definition) is 1. The summed E-state index contributed by atoms with van der Waals surface area (Å²) in [6, 6.07) is 9.41. The van der Waals surface area contributed by atoms with Crippen molar-refractivity contribution < 1.29 is 8.42 Å². The number of halogens is 1. The summed E-state index contributed by atoms with van der Waals surface area (Å²) in [6.07, 6.45) is 3.32. The van der Waals surface area contributed by atoms with Gasteiger partial charge in [-0.05, 0) is 32.0 Å². The van der Waals surface area contributed by atoms with E-state index >= 15 is 0 Å². The first-order valence-electron chi connectivity index (χ1n) is 7.14. The average molecular weight is 342 g/mol. The van der Waals surface area contributed by atoms with Crippen molar-refractivity contribution in [2.45, 2.75) is 23.8 Å². The Morgan fingerprint density at radius 2 is 1.86 bits per heavy atom. The van der Waals surface area contributed by atoms with Crippen LogP contribution in [0.5, 0.6) is 0 Å². The van der Waals surface area contributed by atoms with Crippen LogP contribution >= 0.6 is 12.4 Å². The Hall–Kier alpha value is -1.21. The molecule has 0 unspecified atom stereocenters. The zero-order valence-corrected chi connectivity index (χ0v) is 14.0. The number of rotatable bonds is 3. The van der Waals surface area contributed by atoms with E-state index in [0.717, 1.165) is 18.2 Å². The van der Waals surface area contributed by atoms with Crippen molar-refractivity contribution in [2.24, 2.45) is 0 Å². The molecule has 1 aromatic heterocycles. The molecule has 2 aromatic rings. The largest absolute Gasteiger partial charge is 0.317 e. The Balaban J connectivity index is 0.00000176. The maximum Gasteiger partial charge on any atom is 0.245 e. The van der Waals surface area contributed by atoms with Crippen LogP contribution in [-0.4, -0.2) is 43.9 Å². The lowest BCUT2D eigenvalue weighted by molar-refractivity contribution is 0.298. The van der Waals surface area contributed by atoms with Gasteiger partial charge >= 0.3 is 0 Å². The number of nitrogens with one attached hydrogen (secondary N) is 1. The lowest BCUT2D eigenvalue weighted by Crippen LogP contribution is -2.43. The van der Waals surface area contributed by atoms with Gasteiger partial charge in [-0.15, -0.1) is 12.4 Å². The third-order valence-corrected chi connectivity index (χ3v) is 6.01. The maximum absolute atomic E-state index is 12.9. The van der Waals surface area contributed by atoms with Crippen molar-refractivity contribution in [2.75, 3.05) is 20.1 Å². The fourth-order valence-corrected chi connectivity index (χ4v) is 4.44. The highest BCUT2D eigenvalue weighted by atomic mass is 35.5. The minimum absolute atomic E-state index is 0. The average Bonchev–Trinajstić information content (AvgIpc) is 2.54. The second kappa shape index (κ2) is 6.91. The predicted octanol–water partition coefficient (Wildman–Crippen LogP) is 2.03. The molecule has 22 heavy (non-hydrogen) atoms. The van der Waals surface area contributed by atoms with Crippen LogP contribution in [0.3, 0.4) is 0 Å². The van der Waals surface area contributed by atoms with Crippen LogP contribution < -0.4 is 5.32 Å². The van der Waals surface area contributed by atoms with Crippen molar-refractivity contribution in [3.8, 4) is 0 Å². The first-order valence-corrected chi connectivity index (χ1v) is 8.58. The summed E-state index contributed by atoms with van der Waals surface area (Å²) in [5.41, 5.74) is 0.552. The molecule has 0 aliphatic carbocycles. The van der Waals surface area contributed by atoms with E-state index in [1.54, 1.807) is 22.6 Å². The van der Waals surface area contributed by atoms with E-state index in [2.05, 4.69) is 10.3 Å². The molecule has 0 saturated carbocycles. The van der Waals surface area contributed by atoms with Crippen molar-refractivity contribution >= 4 is 33.3 Å². The van der Waals surface area contributed by atoms with Crippen molar-refractivity contribution in [1.82, 2.24) is 14.6 Å². The molecule has 5 nitrogen and oxygen atoms in total. The molecule has 120 valence electrons. The van der Waals surface area contributed by atoms with E-state index in [1.807, 2.05) is 25.2 Å². The highest BCUT2D eigenvalue weighted by molar-refractivity contribution is 7.89. The summed E-state index contributed by atoms with van der Waals surface area (Å²) < 4.78 is 27.3. The summed E-state index contributed by atoms with van der Waals surface area (Å²) in [7, 11) is -1.56. The molecule has 0 amide bonds. The summed E-state index contributed by atoms with van der Waals surface area (Å²) in [5.74, 6) is 0. The van der Waals surface area contributed by atoms with E-state index in [9.17, 15) is 8.42 Å². The zero-order chi connectivity index (χ0) is 14.9. The number of para-hydroxylation sites is 1. The van der Waals surface area contributed by atoms with Gasteiger partial charge in [0.05, 0.1) is 5.52 Å². The van der Waals surface area contributed by atoms with E-state index in [4.69, 9.17) is 0 Å². The Morgan fingerprint density at radius 1 is 1.18 bits per heavy atom. The molecule has 0 spiro atoms. The normalized spacial score (nSPS) is 17.3. The number of pyridine rings is 1. The first kappa shape index (κ1) is 17.1. The predicted molar refractivity (Wildman–Crippen MR) is 89.8 cm³/mol. The summed E-state index contributed by atoms with van der Waals surface area (Å²) in [6.45, 7) is 1.11. The van der Waals surface area contributed by atoms with Crippen LogP contribution in [0.4, 0.5) is 0 Å². The van der Waals surface area contributed by atoms with Gasteiger partial charge in [0.2, 0.25) is 10.0 Å². The van der Waals surface area contributed by atoms with Gasteiger partial charge in [-0.3, -0.25) is 4.98 Å². The van der Waals surface area contributed by atoms with Gasteiger partial charge in [0, 0.05) is 30.7 Å². The first-order chi connectivity index (χ1) is 10.1. The fourth-order valence-electron chi connectivity index (χ4n) is 2.81. The highest BCUT2D eigenvalue weighted by Gasteiger charge is 2.30. The molecule has 1 aromatic carbocycles. The summed E-state index contributed by atoms with van der Waals surface area (Å²) >= 11 is 0. The smallest absolute Gasteiger partial charge is 0.245 e. The molecule has 3 rings (SSSR count). The lowest BCUT2D eigenvalue weighted by atomic mass is 10.1. The van der Waals surface area contributed by atoms with Gasteiger partial charge in [0.15, 0.2) is 0 Å². The number of aromatic nitrogens is 1. The third kappa shape index (κ3) is 3.10. The topological polar surface area (TPSA) is 62.3 Å². The quantitative estimate of drug-likeness (QED) is 0.928. The molecular formula is C15H20ClN3O2S. The van der Waals surface area contributed by atoms with Crippen LogP contribution in [0, 0.1) is 0 Å². The minimum Gasteiger partial charge on any atom is -0.317 e. The van der Waals surface area contributed by atoms with E-state index < -0.39 is 10.0 Å². The second-order valence-corrected chi connectivity index (χ2v) is 7.20. The van der Waals surface area contributed by atoms with Crippen molar-refractivity contribution in [3.63, 3.8) is 0 Å². The monoisotopic (exact) mass is 341 g/mol. The van der Waals surface area contributed by atoms with E-state index in [-0.39, 0.29) is 12.4 Å². The Bertz CT molecular complexity index is 738. The molecule has 2 heterocycles. The van der Waals surface area contributed by atoms with E-state index in [1.165, 1.54) is 0 Å². The van der Waals surface area contributed by atoms with Crippen LogP contribution in [0.25, 0.3) is 10.9 Å². The van der Waals surface area contributed by atoms with Gasteiger partial charge in [-0.1, -0.05) is 18.2 Å². The van der Waals surface area contributed by atoms with Crippen molar-refractivity contribution in [1.29, 1.82) is 0 Å². The number of benzene rings is 1. The molecule has 1 aliphatic rings. The van der Waals surface area contributed by atoms with Crippen LogP contribution in [-0.2, 0) is 10.0 Å². The highest BCUT2D eigenvalue weighted by Crippen LogP contribution is 2.26. The number of hydrogen-bond acceptors (Lipinski definition) is 4. The van der Waals surface area contributed by atoms with Crippen LogP contribution in [0.1, 0.15) is 12.8 Å². The van der Waals surface area contributed by atoms with Gasteiger partial charge in [-0.2, -0.15) is 4.31 Å². The maximum atomic E-state index is 12.9. The SMILES string of the molecule is CNC1CCN(S(=O)(=O)c2cccc3cccnc23)CC1.Cl. The van der Waals surface area contributed by atoms with E-state index in [0.29, 0.717) is 29.5 Å². The zero-order valence-electron chi connectivity index (χ0n) is 12.4. The lowest BCUT2D eigenvalue weighted by Gasteiger charge is -2.31. The molecule has 0 bridgehead atoms. The molecule has 1 aliphatic heterocycles. The van der Waals surface area contributed by atoms with Crippen LogP contribution in [0.15, 0.2) is 41.4 Å². The Morgan fingerprint density at radius 3 is 2.55 bits per heavy atom. The number of nitrogens with zero attached hydrogens (tertiary/aromatic N) is 2. The Labute approximate surface area is 137 Å². The summed E-state index contributed by atoms with van der Waals surface area (Å²) in [5, 5.41) is 4.06. The summed E-state index contributed by atoms with van der Waals surface area (Å²) in [4.78, 5) is 4.56. The number of piperidine rings is 1. The molecule has 7 heteroatoms. The van der Waals surface area contributed by atoms with Gasteiger partial charge in [0.25, 0.3) is 0 Å². The standard InChI is InChI=1S/C15H19N3O2S.ClH/c1-16-13-7-10-18(11-8-13)21(19,20)14-6-2-4-12-5-3-9-17-15(12)14;/h2-6,9,13,16H,7-8,10-11H2,1H3;1H. The molecule has 1 saturated heterocycles. The fraction of sp³-hybridized carbons (Fsp3) is 0.400. The van der Waals surface area contributed by atoms with Gasteiger partial charge < -0.3 is 5.32 Å². The number of fused-ring (bicyclic) bond motifs is 1.